The van der Waals surface area contributed by atoms with Crippen molar-refractivity contribution in [1.82, 2.24) is 2.78 Å². The third-order valence-corrected chi connectivity index (χ3v) is 4.75. The van der Waals surface area contributed by atoms with Crippen LogP contribution in [0.5, 0.6) is 0 Å². The standard InChI is InChI=1S/C12H10BBrIN/c1-6(2)8-5-10(13)11(14)9-4-7(3)16(15)12(8)9/h4-5H,1H2,2-3H3. The normalized spacial score (nSPS) is 11.0. The zero-order chi connectivity index (χ0) is 12.0. The molecule has 16 heavy (non-hydrogen) atoms. The maximum Gasteiger partial charge on any atom is 0.115 e. The fourth-order valence-corrected chi connectivity index (χ4v) is 2.88. The summed E-state index contributed by atoms with van der Waals surface area (Å²) in [5.41, 5.74) is 5.27. The zero-order valence-electron chi connectivity index (χ0n) is 9.14. The summed E-state index contributed by atoms with van der Waals surface area (Å²) in [5, 5.41) is 1.14. The van der Waals surface area contributed by atoms with Gasteiger partial charge >= 0.3 is 0 Å². The summed E-state index contributed by atoms with van der Waals surface area (Å²) < 4.78 is 3.10. The molecular weight excluding hydrogens is 376 g/mol. The topological polar surface area (TPSA) is 4.93 Å². The fourth-order valence-electron chi connectivity index (χ4n) is 1.80. The second-order valence-electron chi connectivity index (χ2n) is 3.94. The molecule has 0 spiro atoms. The lowest BCUT2D eigenvalue weighted by Crippen LogP contribution is -2.06. The van der Waals surface area contributed by atoms with Crippen molar-refractivity contribution in [3.63, 3.8) is 0 Å². The van der Waals surface area contributed by atoms with E-state index in [-0.39, 0.29) is 0 Å². The van der Waals surface area contributed by atoms with Gasteiger partial charge in [-0.2, -0.15) is 0 Å². The van der Waals surface area contributed by atoms with E-state index in [0.29, 0.717) is 0 Å². The van der Waals surface area contributed by atoms with Gasteiger partial charge in [-0.1, -0.05) is 34.0 Å². The van der Waals surface area contributed by atoms with Crippen molar-refractivity contribution < 1.29 is 0 Å². The molecule has 0 atom stereocenters. The maximum atomic E-state index is 5.98. The first-order valence-electron chi connectivity index (χ1n) is 4.85. The summed E-state index contributed by atoms with van der Waals surface area (Å²) in [6.45, 7) is 8.09. The minimum atomic E-state index is 0.757. The number of nitrogens with zero attached hydrogens (tertiary/aromatic N) is 1. The SMILES string of the molecule is [B]c1cc(C(=C)C)c2c(cc(C)n2I)c1Br. The molecule has 0 saturated heterocycles. The Morgan fingerprint density at radius 2 is 2.12 bits per heavy atom. The monoisotopic (exact) mass is 385 g/mol. The molecule has 0 aliphatic rings. The summed E-state index contributed by atoms with van der Waals surface area (Å²) in [7, 11) is 5.98. The molecule has 0 bridgehead atoms. The van der Waals surface area contributed by atoms with Crippen LogP contribution in [0.15, 0.2) is 23.2 Å². The molecule has 80 valence electrons. The molecule has 1 nitrogen and oxygen atoms in total. The van der Waals surface area contributed by atoms with Crippen molar-refractivity contribution in [2.45, 2.75) is 13.8 Å². The van der Waals surface area contributed by atoms with E-state index < -0.39 is 0 Å². The molecule has 0 aliphatic carbocycles. The predicted octanol–water partition coefficient (Wildman–Crippen LogP) is 3.74. The van der Waals surface area contributed by atoms with E-state index in [9.17, 15) is 0 Å². The van der Waals surface area contributed by atoms with Crippen molar-refractivity contribution >= 4 is 68.6 Å². The lowest BCUT2D eigenvalue weighted by atomic mass is 9.91. The molecule has 1 aromatic carbocycles. The summed E-state index contributed by atoms with van der Waals surface area (Å²) >= 11 is 5.84. The molecule has 0 amide bonds. The Morgan fingerprint density at radius 3 is 2.69 bits per heavy atom. The number of hydrogen-bond donors (Lipinski definition) is 0. The van der Waals surface area contributed by atoms with Crippen LogP contribution >= 0.6 is 38.8 Å². The van der Waals surface area contributed by atoms with E-state index in [0.717, 1.165) is 26.5 Å². The van der Waals surface area contributed by atoms with Gasteiger partial charge in [-0.15, -0.1) is 0 Å². The quantitative estimate of drug-likeness (QED) is 0.520. The van der Waals surface area contributed by atoms with Crippen LogP contribution in [0.2, 0.25) is 0 Å². The van der Waals surface area contributed by atoms with Gasteiger partial charge in [0.1, 0.15) is 7.85 Å². The van der Waals surface area contributed by atoms with E-state index >= 15 is 0 Å². The van der Waals surface area contributed by atoms with Gasteiger partial charge in [0.2, 0.25) is 0 Å². The van der Waals surface area contributed by atoms with Crippen molar-refractivity contribution in [3.8, 4) is 0 Å². The van der Waals surface area contributed by atoms with Crippen LogP contribution in [0.3, 0.4) is 0 Å². The number of allylic oxidation sites excluding steroid dienone is 1. The van der Waals surface area contributed by atoms with Gasteiger partial charge in [0.05, 0.1) is 28.4 Å². The summed E-state index contributed by atoms with van der Waals surface area (Å²) in [6.07, 6.45) is 0. The molecule has 1 aromatic heterocycles. The van der Waals surface area contributed by atoms with E-state index in [2.05, 4.69) is 61.1 Å². The average Bonchev–Trinajstić information content (AvgIpc) is 2.50. The van der Waals surface area contributed by atoms with Crippen LogP contribution in [-0.2, 0) is 0 Å². The van der Waals surface area contributed by atoms with Gasteiger partial charge in [0.15, 0.2) is 0 Å². The molecular formula is C12H10BBrIN. The van der Waals surface area contributed by atoms with E-state index in [1.807, 2.05) is 13.0 Å². The number of benzene rings is 1. The molecule has 0 fully saturated rings. The molecule has 1 heterocycles. The largest absolute Gasteiger partial charge is 0.286 e. The van der Waals surface area contributed by atoms with Crippen molar-refractivity contribution in [1.29, 1.82) is 0 Å². The Balaban J connectivity index is 3.02. The number of fused-ring (bicyclic) bond motifs is 1. The lowest BCUT2D eigenvalue weighted by molar-refractivity contribution is 1.26. The predicted molar refractivity (Wildman–Crippen MR) is 83.9 cm³/mol. The molecule has 2 aromatic rings. The summed E-state index contributed by atoms with van der Waals surface area (Å²) in [6, 6.07) is 4.11. The van der Waals surface area contributed by atoms with Crippen LogP contribution in [-0.4, -0.2) is 10.6 Å². The van der Waals surface area contributed by atoms with Gasteiger partial charge in [0.25, 0.3) is 0 Å². The van der Waals surface area contributed by atoms with Crippen molar-refractivity contribution in [3.05, 3.63) is 34.4 Å². The highest BCUT2D eigenvalue weighted by Gasteiger charge is 2.13. The van der Waals surface area contributed by atoms with Crippen LogP contribution in [0.25, 0.3) is 16.5 Å². The smallest absolute Gasteiger partial charge is 0.115 e. The Bertz CT molecular complexity index is 601. The summed E-state index contributed by atoms with van der Waals surface area (Å²) in [4.78, 5) is 0. The highest BCUT2D eigenvalue weighted by Crippen LogP contribution is 2.32. The van der Waals surface area contributed by atoms with Gasteiger partial charge in [0, 0.05) is 21.1 Å². The third kappa shape index (κ3) is 1.76. The fraction of sp³-hybridized carbons (Fsp3) is 0.167. The van der Waals surface area contributed by atoms with Crippen LogP contribution in [0, 0.1) is 6.92 Å². The Hall–Kier alpha value is -0.225. The number of aryl methyl sites for hydroxylation is 1. The van der Waals surface area contributed by atoms with Crippen molar-refractivity contribution in [2.24, 2.45) is 0 Å². The second kappa shape index (κ2) is 4.22. The summed E-state index contributed by atoms with van der Waals surface area (Å²) in [5.74, 6) is 0. The second-order valence-corrected chi connectivity index (χ2v) is 5.69. The number of halogens is 2. The first-order valence-corrected chi connectivity index (χ1v) is 6.61. The number of aromatic nitrogens is 1. The van der Waals surface area contributed by atoms with Gasteiger partial charge in [-0.25, -0.2) is 0 Å². The van der Waals surface area contributed by atoms with E-state index in [1.54, 1.807) is 0 Å². The van der Waals surface area contributed by atoms with Gasteiger partial charge in [-0.05, 0) is 25.5 Å². The highest BCUT2D eigenvalue weighted by atomic mass is 127. The minimum absolute atomic E-state index is 0.757. The molecule has 2 rings (SSSR count). The molecule has 4 heteroatoms. The number of rotatable bonds is 1. The maximum absolute atomic E-state index is 5.98. The zero-order valence-corrected chi connectivity index (χ0v) is 12.9. The average molecular weight is 386 g/mol. The highest BCUT2D eigenvalue weighted by molar-refractivity contribution is 14.1. The minimum Gasteiger partial charge on any atom is -0.286 e. The molecule has 0 saturated carbocycles. The van der Waals surface area contributed by atoms with Crippen LogP contribution in [0.1, 0.15) is 18.2 Å². The van der Waals surface area contributed by atoms with E-state index in [1.165, 1.54) is 11.2 Å². The van der Waals surface area contributed by atoms with Gasteiger partial charge < -0.3 is 0 Å². The first kappa shape index (κ1) is 12.2. The first-order chi connectivity index (χ1) is 7.43. The van der Waals surface area contributed by atoms with Gasteiger partial charge in [-0.3, -0.25) is 2.78 Å². The Labute approximate surface area is 119 Å². The lowest BCUT2D eigenvalue weighted by Gasteiger charge is -2.09. The molecule has 0 aliphatic heterocycles. The van der Waals surface area contributed by atoms with Crippen LogP contribution < -0.4 is 5.46 Å². The van der Waals surface area contributed by atoms with Crippen molar-refractivity contribution in [2.75, 3.05) is 0 Å². The Morgan fingerprint density at radius 1 is 1.50 bits per heavy atom. The van der Waals surface area contributed by atoms with E-state index in [4.69, 9.17) is 7.85 Å². The number of hydrogen-bond acceptors (Lipinski definition) is 0. The molecule has 0 unspecified atom stereocenters. The third-order valence-electron chi connectivity index (χ3n) is 2.62. The molecule has 2 radical (unpaired) electrons. The molecule has 0 N–H and O–H groups in total. The Kier molecular flexibility index (Phi) is 3.23. The van der Waals surface area contributed by atoms with Crippen LogP contribution in [0.4, 0.5) is 0 Å².